The van der Waals surface area contributed by atoms with Gasteiger partial charge in [-0.1, -0.05) is 103 Å². The summed E-state index contributed by atoms with van der Waals surface area (Å²) < 4.78 is 49.2. The van der Waals surface area contributed by atoms with Gasteiger partial charge in [-0.2, -0.15) is 0 Å². The van der Waals surface area contributed by atoms with E-state index in [1.165, 1.54) is 64.4 Å². The fourth-order valence-electron chi connectivity index (χ4n) is 8.19. The van der Waals surface area contributed by atoms with Crippen LogP contribution in [0.3, 0.4) is 0 Å². The summed E-state index contributed by atoms with van der Waals surface area (Å²) in [6.07, 6.45) is 0. The summed E-state index contributed by atoms with van der Waals surface area (Å²) in [5.41, 5.74) is 4.62. The lowest BCUT2D eigenvalue weighted by Gasteiger charge is -2.30. The van der Waals surface area contributed by atoms with Crippen molar-refractivity contribution in [2.45, 2.75) is 94.5 Å². The van der Waals surface area contributed by atoms with Crippen molar-refractivity contribution >= 4 is 35.8 Å². The Balaban J connectivity index is 0. The molecule has 3 atom stereocenters. The van der Waals surface area contributed by atoms with Crippen LogP contribution in [0.15, 0.2) is 103 Å². The van der Waals surface area contributed by atoms with Gasteiger partial charge in [0, 0.05) is 64.4 Å². The van der Waals surface area contributed by atoms with Gasteiger partial charge in [0.25, 0.3) is 0 Å². The largest absolute Gasteiger partial charge is 0.465 e. The van der Waals surface area contributed by atoms with Gasteiger partial charge in [-0.3, -0.25) is 28.8 Å². The molecule has 0 radical (unpaired) electrons. The highest BCUT2D eigenvalue weighted by Crippen LogP contribution is 2.25. The number of ether oxygens (including phenoxy) is 9. The smallest absolute Gasteiger partial charge is 0.317 e. The maximum Gasteiger partial charge on any atom is 0.317 e. The minimum Gasteiger partial charge on any atom is -0.465 e. The Morgan fingerprint density at radius 2 is 0.600 bits per heavy atom. The fraction of sp³-hybridized carbons (Fsp3) is 0.507. The van der Waals surface area contributed by atoms with Crippen LogP contribution in [-0.2, 0) is 117 Å². The predicted octanol–water partition coefficient (Wildman–Crippen LogP) is 9.77. The second kappa shape index (κ2) is 38.5. The number of hydrogen-bond acceptors (Lipinski definition) is 15. The highest BCUT2D eigenvalue weighted by molar-refractivity contribution is 5.78. The molecule has 478 valence electrons. The minimum absolute atomic E-state index is 0. The van der Waals surface area contributed by atoms with Gasteiger partial charge in [0.2, 0.25) is 0 Å². The minimum atomic E-state index is -1.04. The summed E-state index contributed by atoms with van der Waals surface area (Å²) in [6.45, 7) is 16.4. The SMILES string of the molecule is CC[N+](C)(C)Cc1ccc(COC(=O)C(C)(COC)COC(C)=O)cc1.COCC(C)(COC(C)=O)C(=O)OCc1ccc(C[N+](C)(C)C)cc1.COCC(C)(COC(C)=O)C(=O)OCc1ccc(C[N+](C)(C)Cc2ccccc2)cc1.[CH3-].[CH3-].[CH3-]. The molecule has 18 heteroatoms. The van der Waals surface area contributed by atoms with Crippen molar-refractivity contribution in [3.8, 4) is 0 Å². The third-order valence-electron chi connectivity index (χ3n) is 13.0. The third kappa shape index (κ3) is 32.0. The lowest BCUT2D eigenvalue weighted by atomic mass is 9.93. The first kappa shape index (κ1) is 80.5. The molecule has 4 aromatic carbocycles. The standard InChI is InChI=1S/C25H34NO5.C20H32NO5.C19H30NO5.3CH3/c1-20(27)31-19-25(2,18-29-5)24(28)30-17-23-13-11-22(12-14-23)16-26(3,4)15-21-9-7-6-8-10-21;1-7-21(4,5)12-17-8-10-18(11-9-17)13-25-19(23)20(3,14-24-6)15-26-16(2)22;1-15(21)25-14-19(2,13-23-6)18(22)24-12-17-9-7-16(8-10-17)11-20(3,4)5;;;/h6-14H,15-19H2,1-5H3;8-11H,7,12-15H2,1-6H3;7-10H,11-14H2,1-6H3;3*1H3/q3*+1;3*-1. The molecule has 0 fully saturated rings. The van der Waals surface area contributed by atoms with Crippen molar-refractivity contribution < 1.29 is 84.8 Å². The summed E-state index contributed by atoms with van der Waals surface area (Å²) in [7, 11) is 19.7. The molecule has 4 rings (SSSR count). The van der Waals surface area contributed by atoms with Gasteiger partial charge >= 0.3 is 35.8 Å². The monoisotopic (exact) mass is 1190 g/mol. The van der Waals surface area contributed by atoms with Crippen molar-refractivity contribution in [3.63, 3.8) is 0 Å². The zero-order chi connectivity index (χ0) is 61.8. The summed E-state index contributed by atoms with van der Waals surface area (Å²) in [5.74, 6) is -2.69. The van der Waals surface area contributed by atoms with E-state index in [1.807, 2.05) is 54.6 Å². The average molecular weight is 1190 g/mol. The Labute approximate surface area is 510 Å². The Morgan fingerprint density at radius 3 is 0.847 bits per heavy atom. The number of esters is 6. The lowest BCUT2D eigenvalue weighted by molar-refractivity contribution is -0.916. The first-order valence-corrected chi connectivity index (χ1v) is 27.4. The first-order valence-electron chi connectivity index (χ1n) is 27.4. The van der Waals surface area contributed by atoms with Crippen LogP contribution in [0.4, 0.5) is 0 Å². The molecule has 0 aromatic heterocycles. The van der Waals surface area contributed by atoms with E-state index in [1.54, 1.807) is 20.8 Å². The molecule has 18 nitrogen and oxygen atoms in total. The number of quaternary nitrogens is 3. The average Bonchev–Trinajstić information content (AvgIpc) is 3.45. The maximum absolute atomic E-state index is 12.6. The summed E-state index contributed by atoms with van der Waals surface area (Å²) in [5, 5.41) is 0. The van der Waals surface area contributed by atoms with Crippen LogP contribution in [0.25, 0.3) is 0 Å². The highest BCUT2D eigenvalue weighted by Gasteiger charge is 2.39. The molecule has 0 aliphatic carbocycles. The molecule has 0 N–H and O–H groups in total. The van der Waals surface area contributed by atoms with E-state index in [0.29, 0.717) is 0 Å². The van der Waals surface area contributed by atoms with Gasteiger partial charge in [-0.15, -0.1) is 0 Å². The summed E-state index contributed by atoms with van der Waals surface area (Å²) >= 11 is 0. The van der Waals surface area contributed by atoms with E-state index in [2.05, 4.69) is 105 Å². The van der Waals surface area contributed by atoms with Crippen LogP contribution < -0.4 is 0 Å². The summed E-state index contributed by atoms with van der Waals surface area (Å²) in [6, 6.07) is 34.6. The van der Waals surface area contributed by atoms with E-state index in [0.717, 1.165) is 62.9 Å². The molecule has 0 amide bonds. The van der Waals surface area contributed by atoms with E-state index in [-0.39, 0.29) is 81.7 Å². The van der Waals surface area contributed by atoms with E-state index < -0.39 is 52.1 Å². The first-order chi connectivity index (χ1) is 38.3. The van der Waals surface area contributed by atoms with Gasteiger partial charge in [0.05, 0.1) is 75.7 Å². The van der Waals surface area contributed by atoms with Crippen molar-refractivity contribution in [3.05, 3.63) is 164 Å². The number of methoxy groups -OCH3 is 3. The second-order valence-electron chi connectivity index (χ2n) is 24.1. The van der Waals surface area contributed by atoms with Crippen molar-refractivity contribution in [2.24, 2.45) is 16.2 Å². The maximum atomic E-state index is 12.6. The third-order valence-corrected chi connectivity index (χ3v) is 13.0. The molecule has 3 unspecified atom stereocenters. The molecule has 85 heavy (non-hydrogen) atoms. The predicted molar refractivity (Wildman–Crippen MR) is 332 cm³/mol. The zero-order valence-corrected chi connectivity index (χ0v) is 55.2. The molecule has 0 aliphatic rings. The number of nitrogens with zero attached hydrogens (tertiary/aromatic N) is 3. The molecule has 0 aliphatic heterocycles. The number of carbonyl (C=O) groups excluding carboxylic acids is 6. The van der Waals surface area contributed by atoms with Crippen molar-refractivity contribution in [2.75, 3.05) is 117 Å². The van der Waals surface area contributed by atoms with Gasteiger partial charge < -0.3 is 78.4 Å². The molecule has 0 saturated heterocycles. The Morgan fingerprint density at radius 1 is 0.353 bits per heavy atom. The normalized spacial score (nSPS) is 13.1. The van der Waals surface area contributed by atoms with Gasteiger partial charge in [0.1, 0.15) is 82.1 Å². The Bertz CT molecular complexity index is 2580. The van der Waals surface area contributed by atoms with E-state index in [4.69, 9.17) is 42.6 Å². The quantitative estimate of drug-likeness (QED) is 0.0208. The highest BCUT2D eigenvalue weighted by atomic mass is 16.6. The molecular weight excluding hydrogens is 1090 g/mol. The Kier molecular flexibility index (Phi) is 36.5. The van der Waals surface area contributed by atoms with Crippen LogP contribution in [0.5, 0.6) is 0 Å². The molecule has 0 saturated carbocycles. The topological polar surface area (TPSA) is 185 Å². The van der Waals surface area contributed by atoms with Crippen LogP contribution in [0.2, 0.25) is 0 Å². The molecule has 0 heterocycles. The van der Waals surface area contributed by atoms with E-state index in [9.17, 15) is 28.8 Å². The van der Waals surface area contributed by atoms with Crippen molar-refractivity contribution in [1.29, 1.82) is 0 Å². The molecule has 0 bridgehead atoms. The molecule has 0 spiro atoms. The number of rotatable bonds is 30. The number of benzene rings is 4. The molecule has 4 aromatic rings. The van der Waals surface area contributed by atoms with E-state index >= 15 is 0 Å². The fourth-order valence-corrected chi connectivity index (χ4v) is 8.19. The number of carbonyl (C=O) groups is 6. The number of hydrogen-bond donors (Lipinski definition) is 0. The van der Waals surface area contributed by atoms with Crippen LogP contribution >= 0.6 is 0 Å². The summed E-state index contributed by atoms with van der Waals surface area (Å²) in [4.78, 5) is 70.6. The van der Waals surface area contributed by atoms with Crippen molar-refractivity contribution in [1.82, 2.24) is 0 Å². The van der Waals surface area contributed by atoms with Gasteiger partial charge in [-0.25, -0.2) is 0 Å². The van der Waals surface area contributed by atoms with Gasteiger partial charge in [-0.05, 0) is 44.4 Å². The van der Waals surface area contributed by atoms with Gasteiger partial charge in [0.15, 0.2) is 0 Å². The zero-order valence-electron chi connectivity index (χ0n) is 55.2. The second-order valence-corrected chi connectivity index (χ2v) is 24.1. The van der Waals surface area contributed by atoms with Crippen LogP contribution in [-0.4, -0.2) is 166 Å². The van der Waals surface area contributed by atoms with Crippen LogP contribution in [0, 0.1) is 38.5 Å². The van der Waals surface area contributed by atoms with Crippen LogP contribution in [0.1, 0.15) is 87.4 Å². The lowest BCUT2D eigenvalue weighted by Crippen LogP contribution is -2.39. The Hall–Kier alpha value is -6.54. The molecular formula is C67H105N3O15.